The number of hydrogen-bond acceptors (Lipinski definition) is 10. The van der Waals surface area contributed by atoms with Gasteiger partial charge in [0.25, 0.3) is 0 Å². The second-order valence-electron chi connectivity index (χ2n) is 13.3. The molecule has 0 aromatic carbocycles. The number of carboxylic acid groups (broad SMARTS) is 2. The summed E-state index contributed by atoms with van der Waals surface area (Å²) in [6, 6.07) is -1.12. The molecule has 0 radical (unpaired) electrons. The summed E-state index contributed by atoms with van der Waals surface area (Å²) >= 11 is 0. The number of ketones is 1. The molecule has 53 heavy (non-hydrogen) atoms. The summed E-state index contributed by atoms with van der Waals surface area (Å²) < 4.78 is 20.9. The molecule has 0 aromatic heterocycles. The van der Waals surface area contributed by atoms with Gasteiger partial charge in [-0.05, 0) is 26.2 Å². The molecule has 1 unspecified atom stereocenters. The van der Waals surface area contributed by atoms with Crippen LogP contribution in [0.4, 0.5) is 0 Å². The Morgan fingerprint density at radius 1 is 0.472 bits per heavy atom. The van der Waals surface area contributed by atoms with Crippen molar-refractivity contribution >= 4 is 35.4 Å². The molecule has 5 N–H and O–H groups in total. The van der Waals surface area contributed by atoms with Gasteiger partial charge in [-0.2, -0.15) is 0 Å². The van der Waals surface area contributed by atoms with Gasteiger partial charge in [0.1, 0.15) is 19.3 Å². The lowest BCUT2D eigenvalue weighted by atomic mass is 10.0. The van der Waals surface area contributed by atoms with Crippen LogP contribution in [-0.4, -0.2) is 118 Å². The van der Waals surface area contributed by atoms with Crippen LogP contribution in [0.5, 0.6) is 0 Å². The molecule has 308 valence electrons. The molecule has 15 nitrogen and oxygen atoms in total. The molecule has 15 heteroatoms. The molecule has 0 spiro atoms. The third-order valence-electron chi connectivity index (χ3n) is 8.26. The third-order valence-corrected chi connectivity index (χ3v) is 8.26. The molecule has 0 aliphatic rings. The van der Waals surface area contributed by atoms with Crippen molar-refractivity contribution in [2.75, 3.05) is 65.9 Å². The van der Waals surface area contributed by atoms with Crippen molar-refractivity contribution in [3.8, 4) is 0 Å². The van der Waals surface area contributed by atoms with Crippen LogP contribution in [-0.2, 0) is 47.7 Å². The Morgan fingerprint density at radius 2 is 0.887 bits per heavy atom. The molecular weight excluding hydrogens is 690 g/mol. The van der Waals surface area contributed by atoms with E-state index >= 15 is 0 Å². The van der Waals surface area contributed by atoms with Crippen LogP contribution in [0.25, 0.3) is 0 Å². The summed E-state index contributed by atoms with van der Waals surface area (Å²) in [5.41, 5.74) is 0. The molecule has 0 rings (SSSR count). The number of hydrogen-bond donors (Lipinski definition) is 5. The van der Waals surface area contributed by atoms with Gasteiger partial charge < -0.3 is 45.1 Å². The predicted octanol–water partition coefficient (Wildman–Crippen LogP) is 4.33. The Kier molecular flexibility index (Phi) is 35.0. The molecular formula is C38H69N3O12. The van der Waals surface area contributed by atoms with Crippen molar-refractivity contribution in [2.24, 2.45) is 0 Å². The number of unbranched alkanes of at least 4 members (excludes halogenated alkanes) is 15. The fourth-order valence-electron chi connectivity index (χ4n) is 5.32. The van der Waals surface area contributed by atoms with Crippen molar-refractivity contribution in [1.29, 1.82) is 0 Å². The molecule has 0 fully saturated rings. The van der Waals surface area contributed by atoms with Gasteiger partial charge in [0.2, 0.25) is 17.7 Å². The molecule has 1 atom stereocenters. The molecule has 3 amide bonds. The van der Waals surface area contributed by atoms with Gasteiger partial charge >= 0.3 is 11.9 Å². The summed E-state index contributed by atoms with van der Waals surface area (Å²) in [6.45, 7) is 3.48. The van der Waals surface area contributed by atoms with E-state index in [0.717, 1.165) is 38.5 Å². The van der Waals surface area contributed by atoms with Crippen molar-refractivity contribution in [1.82, 2.24) is 16.0 Å². The zero-order valence-electron chi connectivity index (χ0n) is 32.3. The predicted molar refractivity (Wildman–Crippen MR) is 200 cm³/mol. The zero-order chi connectivity index (χ0) is 39.2. The Labute approximate surface area is 316 Å². The maximum atomic E-state index is 12.3. The maximum absolute atomic E-state index is 12.3. The van der Waals surface area contributed by atoms with E-state index in [9.17, 15) is 33.9 Å². The Hall–Kier alpha value is -3.14. The molecule has 0 aliphatic heterocycles. The van der Waals surface area contributed by atoms with Crippen LogP contribution in [0.15, 0.2) is 0 Å². The van der Waals surface area contributed by atoms with Gasteiger partial charge in [-0.15, -0.1) is 0 Å². The van der Waals surface area contributed by atoms with E-state index in [1.54, 1.807) is 0 Å². The van der Waals surface area contributed by atoms with Gasteiger partial charge in [0.05, 0.1) is 39.6 Å². The minimum atomic E-state index is -1.17. The first kappa shape index (κ1) is 49.9. The molecule has 0 aliphatic carbocycles. The number of carboxylic acids is 2. The summed E-state index contributed by atoms with van der Waals surface area (Å²) in [5, 5.41) is 26.0. The fourth-order valence-corrected chi connectivity index (χ4v) is 5.32. The summed E-state index contributed by atoms with van der Waals surface area (Å²) in [4.78, 5) is 69.0. The number of aliphatic carboxylic acids is 2. The molecule has 0 aromatic rings. The van der Waals surface area contributed by atoms with Crippen molar-refractivity contribution < 1.29 is 57.9 Å². The zero-order valence-corrected chi connectivity index (χ0v) is 32.3. The van der Waals surface area contributed by atoms with Crippen molar-refractivity contribution in [3.05, 3.63) is 0 Å². The van der Waals surface area contributed by atoms with E-state index in [2.05, 4.69) is 16.0 Å². The normalized spacial score (nSPS) is 11.6. The highest BCUT2D eigenvalue weighted by atomic mass is 16.5. The first-order valence-corrected chi connectivity index (χ1v) is 19.7. The van der Waals surface area contributed by atoms with Gasteiger partial charge in [-0.3, -0.25) is 24.0 Å². The maximum Gasteiger partial charge on any atom is 0.326 e. The number of Topliss-reactive ketones (excluding diaryl/α,β-unsaturated/α-hetero) is 1. The van der Waals surface area contributed by atoms with Gasteiger partial charge in [0, 0.05) is 32.4 Å². The summed E-state index contributed by atoms with van der Waals surface area (Å²) in [7, 11) is 0. The lowest BCUT2D eigenvalue weighted by Crippen LogP contribution is -2.41. The van der Waals surface area contributed by atoms with Crippen molar-refractivity contribution in [3.63, 3.8) is 0 Å². The average molecular weight is 760 g/mol. The average Bonchev–Trinajstić information content (AvgIpc) is 3.11. The number of amides is 3. The first-order chi connectivity index (χ1) is 25.6. The van der Waals surface area contributed by atoms with Crippen LogP contribution < -0.4 is 16.0 Å². The monoisotopic (exact) mass is 759 g/mol. The lowest BCUT2D eigenvalue weighted by molar-refractivity contribution is -0.142. The van der Waals surface area contributed by atoms with E-state index in [1.807, 2.05) is 0 Å². The van der Waals surface area contributed by atoms with E-state index in [1.165, 1.54) is 64.7 Å². The highest BCUT2D eigenvalue weighted by Gasteiger charge is 2.20. The second kappa shape index (κ2) is 37.2. The van der Waals surface area contributed by atoms with Crippen LogP contribution in [0.3, 0.4) is 0 Å². The van der Waals surface area contributed by atoms with Crippen LogP contribution >= 0.6 is 0 Å². The van der Waals surface area contributed by atoms with Crippen LogP contribution in [0, 0.1) is 0 Å². The highest BCUT2D eigenvalue weighted by Crippen LogP contribution is 2.14. The SMILES string of the molecule is CC(=O)COCCOCCNC(=O)COCCOCCNC(=O)CCC(NC(=O)CCCCCCCCCCCCCCCCCCC(=O)O)C(=O)O. The topological polar surface area (TPSA) is 216 Å². The Balaban J connectivity index is 3.64. The number of carbonyl (C=O) groups is 6. The van der Waals surface area contributed by atoms with E-state index in [-0.39, 0.29) is 88.8 Å². The number of nitrogens with one attached hydrogen (secondary N) is 3. The van der Waals surface area contributed by atoms with Gasteiger partial charge in [-0.1, -0.05) is 89.9 Å². The quantitative estimate of drug-likeness (QED) is 0.0552. The van der Waals surface area contributed by atoms with Crippen molar-refractivity contribution in [2.45, 2.75) is 141 Å². The molecule has 0 saturated heterocycles. The highest BCUT2D eigenvalue weighted by molar-refractivity contribution is 5.84. The minimum Gasteiger partial charge on any atom is -0.481 e. The first-order valence-electron chi connectivity index (χ1n) is 19.7. The summed E-state index contributed by atoms with van der Waals surface area (Å²) in [5.74, 6) is -2.88. The van der Waals surface area contributed by atoms with E-state index in [0.29, 0.717) is 32.8 Å². The third kappa shape index (κ3) is 38.4. The number of ether oxygens (including phenoxy) is 4. The smallest absolute Gasteiger partial charge is 0.326 e. The second-order valence-corrected chi connectivity index (χ2v) is 13.3. The Morgan fingerprint density at radius 3 is 1.34 bits per heavy atom. The van der Waals surface area contributed by atoms with E-state index < -0.39 is 18.0 Å². The number of rotatable bonds is 40. The Bertz CT molecular complexity index is 982. The fraction of sp³-hybridized carbons (Fsp3) is 0.842. The van der Waals surface area contributed by atoms with E-state index in [4.69, 9.17) is 24.1 Å². The minimum absolute atomic E-state index is 0.0124. The lowest BCUT2D eigenvalue weighted by Gasteiger charge is -2.14. The summed E-state index contributed by atoms with van der Waals surface area (Å²) in [6.07, 6.45) is 18.4. The number of carbonyl (C=O) groups excluding carboxylic acids is 4. The standard InChI is InChI=1S/C38H69N3O12/c1-32(42)30-52-28-26-51-25-23-40-36(45)31-53-29-27-50-24-22-39-34(43)21-20-33(38(48)49)41-35(44)18-16-14-12-10-8-6-4-2-3-5-7-9-11-13-15-17-19-37(46)47/h33H,2-31H2,1H3,(H,39,43)(H,40,45)(H,41,44)(H,46,47)(H,48,49). The van der Waals surface area contributed by atoms with Gasteiger partial charge in [-0.25, -0.2) is 4.79 Å². The molecule has 0 heterocycles. The van der Waals surface area contributed by atoms with Gasteiger partial charge in [0.15, 0.2) is 5.78 Å². The molecule has 0 bridgehead atoms. The largest absolute Gasteiger partial charge is 0.481 e. The van der Waals surface area contributed by atoms with Crippen LogP contribution in [0.1, 0.15) is 135 Å². The van der Waals surface area contributed by atoms with Crippen LogP contribution in [0.2, 0.25) is 0 Å². The molecule has 0 saturated carbocycles.